The third-order valence-electron chi connectivity index (χ3n) is 6.40. The van der Waals surface area contributed by atoms with Crippen molar-refractivity contribution in [1.82, 2.24) is 14.6 Å². The SMILES string of the molecule is CNc1cc(OCc2cccc(NC(=O)c3ccccc3)c2)c2cc(-c3cn4c(n3)CC(OC)=N4)[nH]c2c1. The number of H-pyrrole nitrogens is 1. The molecule has 0 bridgehead atoms. The summed E-state index contributed by atoms with van der Waals surface area (Å²) in [4.78, 5) is 20.7. The molecule has 9 nitrogen and oxygen atoms in total. The number of carbonyl (C=O) groups excluding carboxylic acids is 1. The van der Waals surface area contributed by atoms with Crippen molar-refractivity contribution in [1.29, 1.82) is 0 Å². The molecular weight excluding hydrogens is 480 g/mol. The summed E-state index contributed by atoms with van der Waals surface area (Å²) in [6.07, 6.45) is 2.46. The fourth-order valence-electron chi connectivity index (χ4n) is 4.45. The molecule has 0 aliphatic carbocycles. The van der Waals surface area contributed by atoms with Gasteiger partial charge in [0.05, 0.1) is 30.9 Å². The summed E-state index contributed by atoms with van der Waals surface area (Å²) in [6.45, 7) is 0.338. The molecule has 0 atom stereocenters. The third kappa shape index (κ3) is 4.57. The van der Waals surface area contributed by atoms with Gasteiger partial charge in [0.1, 0.15) is 23.9 Å². The molecule has 3 N–H and O–H groups in total. The van der Waals surface area contributed by atoms with E-state index in [0.29, 0.717) is 30.2 Å². The molecule has 6 rings (SSSR count). The van der Waals surface area contributed by atoms with Crippen molar-refractivity contribution in [2.45, 2.75) is 13.0 Å². The van der Waals surface area contributed by atoms with Gasteiger partial charge in [-0.3, -0.25) is 4.79 Å². The summed E-state index contributed by atoms with van der Waals surface area (Å²) < 4.78 is 13.3. The van der Waals surface area contributed by atoms with Crippen LogP contribution in [0, 0.1) is 0 Å². The van der Waals surface area contributed by atoms with E-state index in [0.717, 1.165) is 45.1 Å². The number of fused-ring (bicyclic) bond motifs is 2. The van der Waals surface area contributed by atoms with E-state index in [9.17, 15) is 4.79 Å². The van der Waals surface area contributed by atoms with Gasteiger partial charge in [-0.05, 0) is 42.0 Å². The van der Waals surface area contributed by atoms with Crippen molar-refractivity contribution in [2.24, 2.45) is 5.10 Å². The van der Waals surface area contributed by atoms with Gasteiger partial charge in [0.25, 0.3) is 5.91 Å². The first-order valence-corrected chi connectivity index (χ1v) is 12.2. The Morgan fingerprint density at radius 3 is 2.71 bits per heavy atom. The Kier molecular flexibility index (Phi) is 6.01. The Labute approximate surface area is 219 Å². The minimum absolute atomic E-state index is 0.152. The minimum atomic E-state index is -0.152. The zero-order valence-electron chi connectivity index (χ0n) is 21.0. The van der Waals surface area contributed by atoms with Crippen LogP contribution in [0.5, 0.6) is 5.75 Å². The Bertz CT molecular complexity index is 1670. The van der Waals surface area contributed by atoms with Crippen LogP contribution in [-0.2, 0) is 17.8 Å². The van der Waals surface area contributed by atoms with Gasteiger partial charge in [-0.15, -0.1) is 5.10 Å². The second-order valence-electron chi connectivity index (χ2n) is 8.94. The summed E-state index contributed by atoms with van der Waals surface area (Å²) in [5.74, 6) is 2.07. The summed E-state index contributed by atoms with van der Waals surface area (Å²) in [7, 11) is 3.49. The molecule has 0 saturated carbocycles. The lowest BCUT2D eigenvalue weighted by Crippen LogP contribution is -2.11. The molecule has 38 heavy (non-hydrogen) atoms. The van der Waals surface area contributed by atoms with Gasteiger partial charge >= 0.3 is 0 Å². The summed E-state index contributed by atoms with van der Waals surface area (Å²) in [5.41, 5.74) is 5.79. The van der Waals surface area contributed by atoms with Crippen molar-refractivity contribution in [2.75, 3.05) is 24.8 Å². The lowest BCUT2D eigenvalue weighted by Gasteiger charge is -2.11. The number of aromatic nitrogens is 3. The molecule has 3 heterocycles. The number of anilines is 2. The Balaban J connectivity index is 1.23. The maximum atomic E-state index is 12.5. The second-order valence-corrected chi connectivity index (χ2v) is 8.94. The molecule has 190 valence electrons. The summed E-state index contributed by atoms with van der Waals surface area (Å²) >= 11 is 0. The van der Waals surface area contributed by atoms with E-state index in [2.05, 4.69) is 20.7 Å². The molecule has 1 amide bonds. The highest BCUT2D eigenvalue weighted by Crippen LogP contribution is 2.34. The number of ether oxygens (including phenoxy) is 2. The number of amides is 1. The van der Waals surface area contributed by atoms with E-state index in [1.165, 1.54) is 0 Å². The molecule has 0 spiro atoms. The highest BCUT2D eigenvalue weighted by molar-refractivity contribution is 6.04. The molecule has 0 saturated heterocycles. The zero-order chi connectivity index (χ0) is 26.1. The summed E-state index contributed by atoms with van der Waals surface area (Å²) in [5, 5.41) is 11.5. The Morgan fingerprint density at radius 2 is 1.92 bits per heavy atom. The number of aromatic amines is 1. The number of hydrogen-bond acceptors (Lipinski definition) is 6. The predicted octanol–water partition coefficient (Wildman–Crippen LogP) is 5.27. The molecule has 0 radical (unpaired) electrons. The van der Waals surface area contributed by atoms with Gasteiger partial charge in [-0.1, -0.05) is 30.3 Å². The second kappa shape index (κ2) is 9.78. The lowest BCUT2D eigenvalue weighted by atomic mass is 10.1. The number of methoxy groups -OCH3 is 1. The Hall–Kier alpha value is -5.05. The molecule has 3 aromatic carbocycles. The van der Waals surface area contributed by atoms with Gasteiger partial charge in [-0.2, -0.15) is 0 Å². The van der Waals surface area contributed by atoms with Gasteiger partial charge in [0.2, 0.25) is 5.90 Å². The van der Waals surface area contributed by atoms with Crippen molar-refractivity contribution >= 4 is 34.1 Å². The largest absolute Gasteiger partial charge is 0.488 e. The van der Waals surface area contributed by atoms with Crippen LogP contribution in [-0.4, -0.2) is 40.6 Å². The summed E-state index contributed by atoms with van der Waals surface area (Å²) in [6, 6.07) is 22.9. The molecule has 0 fully saturated rings. The highest BCUT2D eigenvalue weighted by atomic mass is 16.5. The first-order valence-electron chi connectivity index (χ1n) is 12.2. The number of carbonyl (C=O) groups is 1. The quantitative estimate of drug-likeness (QED) is 0.279. The van der Waals surface area contributed by atoms with Crippen molar-refractivity contribution in [3.05, 3.63) is 95.9 Å². The van der Waals surface area contributed by atoms with Crippen LogP contribution in [0.1, 0.15) is 21.7 Å². The van der Waals surface area contributed by atoms with E-state index in [-0.39, 0.29) is 5.91 Å². The number of hydrogen-bond donors (Lipinski definition) is 3. The van der Waals surface area contributed by atoms with Gasteiger partial charge in [-0.25, -0.2) is 9.66 Å². The van der Waals surface area contributed by atoms with Crippen molar-refractivity contribution in [3.8, 4) is 17.1 Å². The van der Waals surface area contributed by atoms with E-state index < -0.39 is 0 Å². The third-order valence-corrected chi connectivity index (χ3v) is 6.40. The van der Waals surface area contributed by atoms with Gasteiger partial charge in [0, 0.05) is 35.4 Å². The van der Waals surface area contributed by atoms with Gasteiger partial charge in [0.15, 0.2) is 0 Å². The lowest BCUT2D eigenvalue weighted by molar-refractivity contribution is 0.102. The van der Waals surface area contributed by atoms with Crippen LogP contribution in [0.4, 0.5) is 11.4 Å². The highest BCUT2D eigenvalue weighted by Gasteiger charge is 2.20. The smallest absolute Gasteiger partial charge is 0.255 e. The van der Waals surface area contributed by atoms with Crippen LogP contribution in [0.25, 0.3) is 22.3 Å². The number of imidazole rings is 1. The van der Waals surface area contributed by atoms with Crippen molar-refractivity contribution < 1.29 is 14.3 Å². The average molecular weight is 507 g/mol. The van der Waals surface area contributed by atoms with E-state index in [4.69, 9.17) is 14.5 Å². The number of nitrogens with zero attached hydrogens (tertiary/aromatic N) is 3. The monoisotopic (exact) mass is 506 g/mol. The van der Waals surface area contributed by atoms with Crippen LogP contribution in [0.3, 0.4) is 0 Å². The maximum Gasteiger partial charge on any atom is 0.255 e. The van der Waals surface area contributed by atoms with Crippen LogP contribution in [0.2, 0.25) is 0 Å². The molecule has 5 aromatic rings. The predicted molar refractivity (Wildman–Crippen MR) is 148 cm³/mol. The molecule has 0 unspecified atom stereocenters. The molecule has 1 aliphatic heterocycles. The van der Waals surface area contributed by atoms with Crippen molar-refractivity contribution in [3.63, 3.8) is 0 Å². The number of rotatable bonds is 7. The first-order chi connectivity index (χ1) is 18.6. The average Bonchev–Trinajstić information content (AvgIpc) is 3.65. The fourth-order valence-corrected chi connectivity index (χ4v) is 4.45. The minimum Gasteiger partial charge on any atom is -0.488 e. The molecule has 2 aromatic heterocycles. The number of nitrogens with one attached hydrogen (secondary N) is 3. The molecule has 9 heteroatoms. The maximum absolute atomic E-state index is 12.5. The van der Waals surface area contributed by atoms with E-state index in [1.54, 1.807) is 23.9 Å². The van der Waals surface area contributed by atoms with E-state index >= 15 is 0 Å². The van der Waals surface area contributed by atoms with Crippen LogP contribution in [0.15, 0.2) is 84.1 Å². The first kappa shape index (κ1) is 23.4. The zero-order valence-corrected chi connectivity index (χ0v) is 21.0. The fraction of sp³-hybridized carbons (Fsp3) is 0.138. The topological polar surface area (TPSA) is 106 Å². The normalized spacial score (nSPS) is 12.2. The number of benzene rings is 3. The van der Waals surface area contributed by atoms with Crippen LogP contribution >= 0.6 is 0 Å². The molecule has 1 aliphatic rings. The molecular formula is C29H26N6O3. The standard InChI is InChI=1S/C29H26N6O3/c1-30-21-12-23-22(14-24(32-23)25-16-35-27(33-25)15-28(34-35)37-2)26(13-21)38-17-18-7-6-10-20(11-18)31-29(36)19-8-4-3-5-9-19/h3-14,16,30,32H,15,17H2,1-2H3,(H,31,36). The Morgan fingerprint density at radius 1 is 1.05 bits per heavy atom. The van der Waals surface area contributed by atoms with Crippen LogP contribution < -0.4 is 15.4 Å². The van der Waals surface area contributed by atoms with E-state index in [1.807, 2.05) is 73.9 Å². The van der Waals surface area contributed by atoms with Gasteiger partial charge < -0.3 is 25.1 Å².